The number of hydrogen-bond donors (Lipinski definition) is 1. The average Bonchev–Trinajstić information content (AvgIpc) is 2.61. The molecule has 24 heavy (non-hydrogen) atoms. The van der Waals surface area contributed by atoms with Crippen LogP contribution in [0.25, 0.3) is 28.2 Å². The van der Waals surface area contributed by atoms with Crippen LogP contribution in [-0.4, -0.2) is 5.11 Å². The number of benzene rings is 2. The Labute approximate surface area is 139 Å². The molecule has 0 bridgehead atoms. The Balaban J connectivity index is 1.92. The number of aromatic hydroxyl groups is 1. The van der Waals surface area contributed by atoms with Crippen molar-refractivity contribution < 1.29 is 9.52 Å². The number of aryl methyl sites for hydroxylation is 2. The smallest absolute Gasteiger partial charge is 0.200 e. The first kappa shape index (κ1) is 14.8. The molecule has 0 saturated carbocycles. The lowest BCUT2D eigenvalue weighted by Crippen LogP contribution is -2.06. The van der Waals surface area contributed by atoms with E-state index in [4.69, 9.17) is 4.42 Å². The van der Waals surface area contributed by atoms with Gasteiger partial charge in [-0.2, -0.15) is 0 Å². The molecule has 0 saturated heterocycles. The van der Waals surface area contributed by atoms with Crippen molar-refractivity contribution in [2.24, 2.45) is 0 Å². The Hall–Kier alpha value is -2.81. The minimum absolute atomic E-state index is 0.0642. The van der Waals surface area contributed by atoms with Crippen molar-refractivity contribution in [3.8, 4) is 16.9 Å². The van der Waals surface area contributed by atoms with Crippen LogP contribution >= 0.6 is 0 Å². The maximum absolute atomic E-state index is 12.9. The minimum Gasteiger partial charge on any atom is -0.508 e. The Bertz CT molecular complexity index is 1030. The molecule has 1 heterocycles. The van der Waals surface area contributed by atoms with Crippen LogP contribution in [0.4, 0.5) is 0 Å². The minimum atomic E-state index is -0.0642. The number of allylic oxidation sites excluding steroid dienone is 1. The van der Waals surface area contributed by atoms with E-state index in [1.54, 1.807) is 6.07 Å². The second-order valence-corrected chi connectivity index (χ2v) is 6.16. The summed E-state index contributed by atoms with van der Waals surface area (Å²) in [6.45, 7) is 1.95. The van der Waals surface area contributed by atoms with E-state index < -0.39 is 0 Å². The molecule has 3 nitrogen and oxygen atoms in total. The largest absolute Gasteiger partial charge is 0.508 e. The van der Waals surface area contributed by atoms with Gasteiger partial charge in [0.05, 0.1) is 10.9 Å². The fourth-order valence-electron chi connectivity index (χ4n) is 3.29. The monoisotopic (exact) mass is 318 g/mol. The molecule has 0 unspecified atom stereocenters. The summed E-state index contributed by atoms with van der Waals surface area (Å²) in [5.74, 6) is 0.166. The zero-order valence-corrected chi connectivity index (χ0v) is 13.5. The van der Waals surface area contributed by atoms with Crippen LogP contribution in [0.5, 0.6) is 5.75 Å². The topological polar surface area (TPSA) is 50.4 Å². The molecule has 0 spiro atoms. The number of rotatable bonds is 2. The van der Waals surface area contributed by atoms with Crippen LogP contribution in [0.2, 0.25) is 0 Å². The Morgan fingerprint density at radius 3 is 2.92 bits per heavy atom. The molecular formula is C21H18O3. The number of fused-ring (bicyclic) bond motifs is 2. The molecule has 0 aliphatic heterocycles. The first-order valence-electron chi connectivity index (χ1n) is 8.24. The summed E-state index contributed by atoms with van der Waals surface area (Å²) in [6, 6.07) is 9.38. The summed E-state index contributed by atoms with van der Waals surface area (Å²) >= 11 is 0. The van der Waals surface area contributed by atoms with E-state index in [1.165, 1.54) is 23.5 Å². The molecule has 1 aromatic heterocycles. The predicted octanol–water partition coefficient (Wildman–Crippen LogP) is 4.69. The van der Waals surface area contributed by atoms with Gasteiger partial charge in [0.25, 0.3) is 0 Å². The second kappa shape index (κ2) is 5.68. The Morgan fingerprint density at radius 2 is 2.08 bits per heavy atom. The zero-order valence-electron chi connectivity index (χ0n) is 13.5. The van der Waals surface area contributed by atoms with E-state index >= 15 is 0 Å². The summed E-state index contributed by atoms with van der Waals surface area (Å²) in [5.41, 5.74) is 4.99. The lowest BCUT2D eigenvalue weighted by Gasteiger charge is -2.12. The molecule has 1 N–H and O–H groups in total. The lowest BCUT2D eigenvalue weighted by molar-refractivity contribution is 0.467. The number of phenolic OH excluding ortho intramolecular Hbond substituents is 1. The summed E-state index contributed by atoms with van der Waals surface area (Å²) < 4.78 is 5.62. The van der Waals surface area contributed by atoms with Crippen LogP contribution in [0.1, 0.15) is 30.0 Å². The van der Waals surface area contributed by atoms with Crippen LogP contribution < -0.4 is 5.43 Å². The van der Waals surface area contributed by atoms with Crippen molar-refractivity contribution in [3.05, 3.63) is 69.6 Å². The summed E-state index contributed by atoms with van der Waals surface area (Å²) in [6.07, 6.45) is 8.52. The molecule has 0 atom stereocenters. The molecule has 3 heteroatoms. The van der Waals surface area contributed by atoms with Gasteiger partial charge >= 0.3 is 0 Å². The van der Waals surface area contributed by atoms with Gasteiger partial charge in [-0.05, 0) is 53.6 Å². The van der Waals surface area contributed by atoms with E-state index in [9.17, 15) is 9.90 Å². The Kier molecular flexibility index (Phi) is 3.49. The number of phenols is 1. The molecule has 1 aliphatic rings. The van der Waals surface area contributed by atoms with E-state index in [0.29, 0.717) is 23.0 Å². The van der Waals surface area contributed by atoms with E-state index in [0.717, 1.165) is 24.0 Å². The van der Waals surface area contributed by atoms with Crippen molar-refractivity contribution in [2.45, 2.75) is 26.2 Å². The molecule has 0 radical (unpaired) electrons. The van der Waals surface area contributed by atoms with Crippen molar-refractivity contribution in [3.63, 3.8) is 0 Å². The van der Waals surface area contributed by atoms with E-state index in [2.05, 4.69) is 18.2 Å². The van der Waals surface area contributed by atoms with Crippen molar-refractivity contribution in [1.29, 1.82) is 0 Å². The van der Waals surface area contributed by atoms with Gasteiger partial charge in [0.2, 0.25) is 5.43 Å². The molecular weight excluding hydrogens is 300 g/mol. The van der Waals surface area contributed by atoms with Gasteiger partial charge in [-0.1, -0.05) is 31.2 Å². The molecule has 0 amide bonds. The van der Waals surface area contributed by atoms with Crippen LogP contribution in [0.3, 0.4) is 0 Å². The fraction of sp³-hybridized carbons (Fsp3) is 0.190. The van der Waals surface area contributed by atoms with Gasteiger partial charge in [0.15, 0.2) is 0 Å². The third-order valence-corrected chi connectivity index (χ3v) is 4.69. The zero-order chi connectivity index (χ0) is 16.7. The van der Waals surface area contributed by atoms with Gasteiger partial charge < -0.3 is 9.52 Å². The van der Waals surface area contributed by atoms with Crippen LogP contribution in [-0.2, 0) is 12.8 Å². The van der Waals surface area contributed by atoms with Gasteiger partial charge in [0, 0.05) is 6.07 Å². The second-order valence-electron chi connectivity index (χ2n) is 6.16. The molecule has 3 aromatic rings. The average molecular weight is 318 g/mol. The SMILES string of the molecule is CCc1cc2c(=O)c(-c3ccc4c(c3)C=CCC4)coc2cc1O. The van der Waals surface area contributed by atoms with Crippen molar-refractivity contribution in [2.75, 3.05) is 0 Å². The maximum Gasteiger partial charge on any atom is 0.200 e. The lowest BCUT2D eigenvalue weighted by atomic mass is 9.93. The molecule has 120 valence electrons. The summed E-state index contributed by atoms with van der Waals surface area (Å²) in [7, 11) is 0. The third-order valence-electron chi connectivity index (χ3n) is 4.69. The molecule has 2 aromatic carbocycles. The van der Waals surface area contributed by atoms with E-state index in [-0.39, 0.29) is 11.2 Å². The van der Waals surface area contributed by atoms with Crippen molar-refractivity contribution in [1.82, 2.24) is 0 Å². The third kappa shape index (κ3) is 2.33. The molecule has 0 fully saturated rings. The summed E-state index contributed by atoms with van der Waals surface area (Å²) in [5, 5.41) is 10.5. The first-order valence-corrected chi connectivity index (χ1v) is 8.24. The normalized spacial score (nSPS) is 13.2. The van der Waals surface area contributed by atoms with Gasteiger partial charge in [-0.25, -0.2) is 0 Å². The van der Waals surface area contributed by atoms with Gasteiger partial charge in [-0.3, -0.25) is 4.79 Å². The van der Waals surface area contributed by atoms with Gasteiger partial charge in [0.1, 0.15) is 17.6 Å². The fourth-order valence-corrected chi connectivity index (χ4v) is 3.29. The number of hydrogen-bond acceptors (Lipinski definition) is 3. The van der Waals surface area contributed by atoms with Crippen LogP contribution in [0, 0.1) is 0 Å². The molecule has 4 rings (SSSR count). The Morgan fingerprint density at radius 1 is 1.21 bits per heavy atom. The highest BCUT2D eigenvalue weighted by Crippen LogP contribution is 2.28. The van der Waals surface area contributed by atoms with Gasteiger partial charge in [-0.15, -0.1) is 0 Å². The highest BCUT2D eigenvalue weighted by molar-refractivity contribution is 5.84. The highest BCUT2D eigenvalue weighted by Gasteiger charge is 2.13. The van der Waals surface area contributed by atoms with E-state index in [1.807, 2.05) is 19.1 Å². The van der Waals surface area contributed by atoms with Crippen molar-refractivity contribution >= 4 is 17.0 Å². The quantitative estimate of drug-likeness (QED) is 0.746. The highest BCUT2D eigenvalue weighted by atomic mass is 16.3. The maximum atomic E-state index is 12.9. The van der Waals surface area contributed by atoms with Crippen LogP contribution in [0.15, 0.2) is 51.9 Å². The first-order chi connectivity index (χ1) is 11.7. The predicted molar refractivity (Wildman–Crippen MR) is 96.3 cm³/mol. The molecule has 1 aliphatic carbocycles. The summed E-state index contributed by atoms with van der Waals surface area (Å²) in [4.78, 5) is 12.9. The standard InChI is InChI=1S/C21H18O3/c1-2-13-10-17-20(11-19(13)22)24-12-18(21(17)23)16-8-7-14-5-3-4-6-15(14)9-16/h4,6-12,22H,2-3,5H2,1H3.